The third kappa shape index (κ3) is 1.90. The molecular weight excluding hydrogens is 202 g/mol. The third-order valence-electron chi connectivity index (χ3n) is 3.25. The predicted octanol–water partition coefficient (Wildman–Crippen LogP) is 2.81. The van der Waals surface area contributed by atoms with Gasteiger partial charge in [-0.25, -0.2) is 4.79 Å². The van der Waals surface area contributed by atoms with E-state index in [4.69, 9.17) is 4.74 Å². The lowest BCUT2D eigenvalue weighted by atomic mass is 10.0. The minimum Gasteiger partial charge on any atom is -0.441 e. The van der Waals surface area contributed by atoms with Crippen LogP contribution in [-0.4, -0.2) is 22.6 Å². The average Bonchev–Trinajstić information content (AvgIpc) is 2.42. The minimum atomic E-state index is -0.397. The molecule has 86 valence electrons. The summed E-state index contributed by atoms with van der Waals surface area (Å²) in [5, 5.41) is 0. The van der Waals surface area contributed by atoms with Gasteiger partial charge < -0.3 is 4.74 Å². The normalized spacial score (nSPS) is 23.3. The third-order valence-corrected chi connectivity index (χ3v) is 3.25. The summed E-state index contributed by atoms with van der Waals surface area (Å²) < 4.78 is 5.33. The maximum atomic E-state index is 11.7. The van der Waals surface area contributed by atoms with Gasteiger partial charge in [0, 0.05) is 6.54 Å². The molecule has 0 saturated carbocycles. The second-order valence-electron chi connectivity index (χ2n) is 4.76. The topological polar surface area (TPSA) is 29.5 Å². The first-order chi connectivity index (χ1) is 7.50. The van der Waals surface area contributed by atoms with Gasteiger partial charge in [-0.2, -0.15) is 0 Å². The lowest BCUT2D eigenvalue weighted by Gasteiger charge is -2.25. The van der Waals surface area contributed by atoms with Gasteiger partial charge in [-0.1, -0.05) is 30.3 Å². The van der Waals surface area contributed by atoms with Gasteiger partial charge in [0.25, 0.3) is 0 Å². The van der Waals surface area contributed by atoms with E-state index < -0.39 is 5.60 Å². The Morgan fingerprint density at radius 3 is 2.44 bits per heavy atom. The first-order valence-electron chi connectivity index (χ1n) is 5.54. The molecule has 3 heteroatoms. The van der Waals surface area contributed by atoms with Crippen LogP contribution in [0.3, 0.4) is 0 Å². The molecule has 1 aromatic rings. The summed E-state index contributed by atoms with van der Waals surface area (Å²) in [7, 11) is 0. The number of ether oxygens (including phenoxy) is 1. The molecule has 0 N–H and O–H groups in total. The molecular formula is C13H17NO2. The summed E-state index contributed by atoms with van der Waals surface area (Å²) in [6.45, 7) is 6.53. The fourth-order valence-corrected chi connectivity index (χ4v) is 1.88. The molecule has 1 saturated heterocycles. The molecule has 1 aromatic carbocycles. The van der Waals surface area contributed by atoms with Crippen LogP contribution in [0.4, 0.5) is 4.79 Å². The van der Waals surface area contributed by atoms with Gasteiger partial charge in [0.2, 0.25) is 0 Å². The standard InChI is InChI=1S/C13H17NO2/c1-10-13(2,3)16-12(15)14(10)9-11-7-5-4-6-8-11/h4-8,10H,9H2,1-3H3. The first kappa shape index (κ1) is 11.0. The Labute approximate surface area is 96.0 Å². The molecule has 0 aromatic heterocycles. The predicted molar refractivity (Wildman–Crippen MR) is 62.0 cm³/mol. The van der Waals surface area contributed by atoms with Crippen molar-refractivity contribution in [2.75, 3.05) is 0 Å². The Kier molecular flexibility index (Phi) is 2.62. The largest absolute Gasteiger partial charge is 0.441 e. The van der Waals surface area contributed by atoms with Gasteiger partial charge in [-0.05, 0) is 26.3 Å². The van der Waals surface area contributed by atoms with Crippen LogP contribution < -0.4 is 0 Å². The molecule has 1 fully saturated rings. The Balaban J connectivity index is 2.14. The molecule has 1 aliphatic heterocycles. The van der Waals surface area contributed by atoms with Crippen LogP contribution in [0.15, 0.2) is 30.3 Å². The van der Waals surface area contributed by atoms with Crippen molar-refractivity contribution in [3.05, 3.63) is 35.9 Å². The van der Waals surface area contributed by atoms with E-state index in [2.05, 4.69) is 0 Å². The van der Waals surface area contributed by atoms with Crippen molar-refractivity contribution in [2.45, 2.75) is 39.0 Å². The summed E-state index contributed by atoms with van der Waals surface area (Å²) in [6, 6.07) is 10.1. The van der Waals surface area contributed by atoms with Crippen LogP contribution >= 0.6 is 0 Å². The number of rotatable bonds is 2. The van der Waals surface area contributed by atoms with E-state index in [9.17, 15) is 4.79 Å². The summed E-state index contributed by atoms with van der Waals surface area (Å²) in [5.74, 6) is 0. The molecule has 0 radical (unpaired) electrons. The number of benzene rings is 1. The number of carbonyl (C=O) groups is 1. The van der Waals surface area contributed by atoms with Gasteiger partial charge in [0.15, 0.2) is 0 Å². The van der Waals surface area contributed by atoms with Crippen LogP contribution in [0.25, 0.3) is 0 Å². The number of nitrogens with zero attached hydrogens (tertiary/aromatic N) is 1. The first-order valence-corrected chi connectivity index (χ1v) is 5.54. The Hall–Kier alpha value is -1.51. The molecule has 1 unspecified atom stereocenters. The SMILES string of the molecule is CC1N(Cc2ccccc2)C(=O)OC1(C)C. The van der Waals surface area contributed by atoms with E-state index in [1.807, 2.05) is 51.1 Å². The summed E-state index contributed by atoms with van der Waals surface area (Å²) in [4.78, 5) is 13.5. The zero-order valence-corrected chi connectivity index (χ0v) is 9.93. The van der Waals surface area contributed by atoms with E-state index in [1.54, 1.807) is 4.90 Å². The van der Waals surface area contributed by atoms with Crippen LogP contribution in [0.1, 0.15) is 26.3 Å². The number of carbonyl (C=O) groups excluding carboxylic acids is 1. The lowest BCUT2D eigenvalue weighted by molar-refractivity contribution is 0.0715. The maximum Gasteiger partial charge on any atom is 0.411 e. The summed E-state index contributed by atoms with van der Waals surface area (Å²) in [6.07, 6.45) is -0.221. The van der Waals surface area contributed by atoms with E-state index in [1.165, 1.54) is 0 Å². The second kappa shape index (κ2) is 3.81. The molecule has 0 spiro atoms. The Morgan fingerprint density at radius 1 is 1.31 bits per heavy atom. The highest BCUT2D eigenvalue weighted by Crippen LogP contribution is 2.30. The fraction of sp³-hybridized carbons (Fsp3) is 0.462. The highest BCUT2D eigenvalue weighted by atomic mass is 16.6. The van der Waals surface area contributed by atoms with Crippen molar-refractivity contribution in [3.8, 4) is 0 Å². The van der Waals surface area contributed by atoms with E-state index >= 15 is 0 Å². The Morgan fingerprint density at radius 2 is 1.94 bits per heavy atom. The molecule has 1 atom stereocenters. The number of cyclic esters (lactones) is 1. The monoisotopic (exact) mass is 219 g/mol. The number of amides is 1. The maximum absolute atomic E-state index is 11.7. The lowest BCUT2D eigenvalue weighted by Crippen LogP contribution is -2.38. The molecule has 1 aliphatic rings. The van der Waals surface area contributed by atoms with Crippen molar-refractivity contribution in [2.24, 2.45) is 0 Å². The fourth-order valence-electron chi connectivity index (χ4n) is 1.88. The Bertz CT molecular complexity index is 386. The highest BCUT2D eigenvalue weighted by Gasteiger charge is 2.44. The smallest absolute Gasteiger partial charge is 0.411 e. The van der Waals surface area contributed by atoms with E-state index in [0.29, 0.717) is 6.54 Å². The molecule has 0 bridgehead atoms. The minimum absolute atomic E-state index is 0.0974. The number of hydrogen-bond acceptors (Lipinski definition) is 2. The van der Waals surface area contributed by atoms with Crippen molar-refractivity contribution in [3.63, 3.8) is 0 Å². The average molecular weight is 219 g/mol. The molecule has 3 nitrogen and oxygen atoms in total. The van der Waals surface area contributed by atoms with Crippen molar-refractivity contribution >= 4 is 6.09 Å². The molecule has 1 heterocycles. The zero-order valence-electron chi connectivity index (χ0n) is 9.93. The van der Waals surface area contributed by atoms with E-state index in [-0.39, 0.29) is 12.1 Å². The van der Waals surface area contributed by atoms with Crippen LogP contribution in [0, 0.1) is 0 Å². The van der Waals surface area contributed by atoms with Crippen molar-refractivity contribution in [1.29, 1.82) is 0 Å². The quantitative estimate of drug-likeness (QED) is 0.765. The molecule has 16 heavy (non-hydrogen) atoms. The van der Waals surface area contributed by atoms with Gasteiger partial charge in [-0.15, -0.1) is 0 Å². The van der Waals surface area contributed by atoms with Gasteiger partial charge >= 0.3 is 6.09 Å². The van der Waals surface area contributed by atoms with Gasteiger partial charge in [0.1, 0.15) is 5.60 Å². The van der Waals surface area contributed by atoms with Gasteiger partial charge in [0.05, 0.1) is 6.04 Å². The highest BCUT2D eigenvalue weighted by molar-refractivity contribution is 5.71. The molecule has 2 rings (SSSR count). The van der Waals surface area contributed by atoms with Crippen LogP contribution in [0.5, 0.6) is 0 Å². The molecule has 0 aliphatic carbocycles. The number of hydrogen-bond donors (Lipinski definition) is 0. The van der Waals surface area contributed by atoms with Crippen molar-refractivity contribution < 1.29 is 9.53 Å². The zero-order chi connectivity index (χ0) is 11.8. The second-order valence-corrected chi connectivity index (χ2v) is 4.76. The summed E-state index contributed by atoms with van der Waals surface area (Å²) >= 11 is 0. The van der Waals surface area contributed by atoms with Crippen LogP contribution in [-0.2, 0) is 11.3 Å². The van der Waals surface area contributed by atoms with Crippen LogP contribution in [0.2, 0.25) is 0 Å². The van der Waals surface area contributed by atoms with Gasteiger partial charge in [-0.3, -0.25) is 4.90 Å². The van der Waals surface area contributed by atoms with Crippen molar-refractivity contribution in [1.82, 2.24) is 4.90 Å². The summed E-state index contributed by atoms with van der Waals surface area (Å²) in [5.41, 5.74) is 0.732. The molecule has 1 amide bonds. The van der Waals surface area contributed by atoms with E-state index in [0.717, 1.165) is 5.56 Å².